The number of carbonyl (C=O) groups is 1. The minimum atomic E-state index is -3.82. The van der Waals surface area contributed by atoms with Crippen LogP contribution in [-0.4, -0.2) is 33.8 Å². The molecule has 19 heavy (non-hydrogen) atoms. The molecular formula is C12H14ClNO4S. The molecule has 0 amide bonds. The lowest BCUT2D eigenvalue weighted by atomic mass is 10.3. The van der Waals surface area contributed by atoms with Crippen LogP contribution in [0, 0.1) is 0 Å². The minimum Gasteiger partial charge on any atom is -0.468 e. The Balaban J connectivity index is 3.09. The highest BCUT2D eigenvalue weighted by molar-refractivity contribution is 7.93. The number of benzene rings is 1. The van der Waals surface area contributed by atoms with Crippen molar-refractivity contribution in [2.24, 2.45) is 0 Å². The molecule has 5 nitrogen and oxygen atoms in total. The highest BCUT2D eigenvalue weighted by Crippen LogP contribution is 2.21. The van der Waals surface area contributed by atoms with Gasteiger partial charge in [-0.25, -0.2) is 8.42 Å². The van der Waals surface area contributed by atoms with Crippen LogP contribution in [0.3, 0.4) is 0 Å². The first-order chi connectivity index (χ1) is 8.90. The first-order valence-corrected chi connectivity index (χ1v) is 7.33. The van der Waals surface area contributed by atoms with Gasteiger partial charge in [-0.2, -0.15) is 0 Å². The predicted molar refractivity (Wildman–Crippen MR) is 74.8 cm³/mol. The fraction of sp³-hybridized carbons (Fsp3) is 0.250. The van der Waals surface area contributed by atoms with Crippen LogP contribution in [0.4, 0.5) is 5.69 Å². The van der Waals surface area contributed by atoms with E-state index in [9.17, 15) is 13.2 Å². The van der Waals surface area contributed by atoms with Gasteiger partial charge in [0.15, 0.2) is 5.75 Å². The molecule has 0 aromatic heterocycles. The summed E-state index contributed by atoms with van der Waals surface area (Å²) in [6, 6.07) is 6.25. The summed E-state index contributed by atoms with van der Waals surface area (Å²) in [6.45, 7) is 3.56. The van der Waals surface area contributed by atoms with E-state index in [1.807, 2.05) is 0 Å². The van der Waals surface area contributed by atoms with Crippen LogP contribution in [0.2, 0.25) is 5.02 Å². The van der Waals surface area contributed by atoms with Crippen LogP contribution in [0.1, 0.15) is 0 Å². The molecule has 0 radical (unpaired) electrons. The van der Waals surface area contributed by atoms with Gasteiger partial charge in [0.05, 0.1) is 19.3 Å². The molecule has 104 valence electrons. The van der Waals surface area contributed by atoms with Gasteiger partial charge in [-0.3, -0.25) is 9.10 Å². The van der Waals surface area contributed by atoms with Crippen molar-refractivity contribution >= 4 is 33.3 Å². The van der Waals surface area contributed by atoms with Gasteiger partial charge < -0.3 is 4.74 Å². The maximum absolute atomic E-state index is 12.1. The van der Waals surface area contributed by atoms with Crippen molar-refractivity contribution in [3.63, 3.8) is 0 Å². The zero-order chi connectivity index (χ0) is 14.5. The third kappa shape index (κ3) is 4.25. The third-order valence-electron chi connectivity index (χ3n) is 2.27. The molecule has 0 saturated carbocycles. The zero-order valence-electron chi connectivity index (χ0n) is 10.4. The topological polar surface area (TPSA) is 63.7 Å². The van der Waals surface area contributed by atoms with E-state index < -0.39 is 21.7 Å². The number of anilines is 1. The van der Waals surface area contributed by atoms with E-state index in [0.29, 0.717) is 10.7 Å². The Labute approximate surface area is 117 Å². The highest BCUT2D eigenvalue weighted by atomic mass is 35.5. The number of carbonyl (C=O) groups excluding carboxylic acids is 1. The second kappa shape index (κ2) is 6.58. The van der Waals surface area contributed by atoms with Gasteiger partial charge in [0.1, 0.15) is 0 Å². The second-order valence-corrected chi connectivity index (χ2v) is 5.96. The monoisotopic (exact) mass is 303 g/mol. The maximum Gasteiger partial charge on any atom is 0.322 e. The Bertz CT molecular complexity index is 554. The summed E-state index contributed by atoms with van der Waals surface area (Å²) in [5.41, 5.74) is 0.410. The van der Waals surface area contributed by atoms with Crippen LogP contribution < -0.4 is 4.31 Å². The largest absolute Gasteiger partial charge is 0.468 e. The Morgan fingerprint density at radius 3 is 2.47 bits per heavy atom. The van der Waals surface area contributed by atoms with Gasteiger partial charge in [0, 0.05) is 5.02 Å². The number of halogens is 1. The molecule has 0 aliphatic carbocycles. The summed E-state index contributed by atoms with van der Waals surface area (Å²) in [7, 11) is -2.68. The summed E-state index contributed by atoms with van der Waals surface area (Å²) in [4.78, 5) is 11.1. The molecule has 0 heterocycles. The molecule has 1 aromatic carbocycles. The number of methoxy groups -OCH3 is 1. The normalized spacial score (nSPS) is 10.8. The van der Waals surface area contributed by atoms with E-state index in [1.165, 1.54) is 6.08 Å². The van der Waals surface area contributed by atoms with Crippen molar-refractivity contribution in [1.29, 1.82) is 0 Å². The summed E-state index contributed by atoms with van der Waals surface area (Å²) in [6.07, 6.45) is 1.43. The van der Waals surface area contributed by atoms with Crippen molar-refractivity contribution in [3.8, 4) is 0 Å². The number of hydrogen-bond acceptors (Lipinski definition) is 4. The van der Waals surface area contributed by atoms with Gasteiger partial charge in [-0.15, -0.1) is 6.58 Å². The molecule has 0 bridgehead atoms. The van der Waals surface area contributed by atoms with Crippen molar-refractivity contribution < 1.29 is 17.9 Å². The van der Waals surface area contributed by atoms with Crippen molar-refractivity contribution in [3.05, 3.63) is 41.9 Å². The van der Waals surface area contributed by atoms with Crippen LogP contribution in [-0.2, 0) is 19.6 Å². The van der Waals surface area contributed by atoms with Crippen molar-refractivity contribution in [1.82, 2.24) is 0 Å². The lowest BCUT2D eigenvalue weighted by Crippen LogP contribution is -2.36. The lowest BCUT2D eigenvalue weighted by Gasteiger charge is -2.22. The van der Waals surface area contributed by atoms with Gasteiger partial charge in [0.2, 0.25) is 10.0 Å². The standard InChI is InChI=1S/C12H14ClNO4S/c1-3-8-14(11-6-4-10(13)5-7-11)19(16,17)9-12(15)18-2/h3-7H,1,8-9H2,2H3. The molecule has 0 aliphatic rings. The van der Waals surface area contributed by atoms with E-state index in [2.05, 4.69) is 11.3 Å². The van der Waals surface area contributed by atoms with E-state index in [0.717, 1.165) is 11.4 Å². The SMILES string of the molecule is C=CCN(c1ccc(Cl)cc1)S(=O)(=O)CC(=O)OC. The summed E-state index contributed by atoms with van der Waals surface area (Å²) in [5, 5.41) is 0.493. The Morgan fingerprint density at radius 1 is 1.42 bits per heavy atom. The van der Waals surface area contributed by atoms with E-state index >= 15 is 0 Å². The molecule has 1 aromatic rings. The predicted octanol–water partition coefficient (Wildman–Crippen LogP) is 1.84. The number of sulfonamides is 1. The molecule has 0 aliphatic heterocycles. The Kier molecular flexibility index (Phi) is 5.38. The van der Waals surface area contributed by atoms with Gasteiger partial charge in [-0.1, -0.05) is 17.7 Å². The van der Waals surface area contributed by atoms with Gasteiger partial charge >= 0.3 is 5.97 Å². The maximum atomic E-state index is 12.1. The fourth-order valence-corrected chi connectivity index (χ4v) is 2.86. The molecule has 7 heteroatoms. The third-order valence-corrected chi connectivity index (χ3v) is 4.16. The number of nitrogens with zero attached hydrogens (tertiary/aromatic N) is 1. The Hall–Kier alpha value is -1.53. The van der Waals surface area contributed by atoms with Crippen LogP contribution in [0.25, 0.3) is 0 Å². The number of ether oxygens (including phenoxy) is 1. The first-order valence-electron chi connectivity index (χ1n) is 5.34. The van der Waals surface area contributed by atoms with Crippen molar-refractivity contribution in [2.45, 2.75) is 0 Å². The van der Waals surface area contributed by atoms with Crippen LogP contribution in [0.15, 0.2) is 36.9 Å². The first kappa shape index (κ1) is 15.5. The van der Waals surface area contributed by atoms with E-state index in [-0.39, 0.29) is 6.54 Å². The quantitative estimate of drug-likeness (QED) is 0.594. The van der Waals surface area contributed by atoms with E-state index in [1.54, 1.807) is 24.3 Å². The van der Waals surface area contributed by atoms with Crippen LogP contribution >= 0.6 is 11.6 Å². The molecule has 0 unspecified atom stereocenters. The molecule has 0 spiro atoms. The minimum absolute atomic E-state index is 0.0565. The molecule has 0 saturated heterocycles. The van der Waals surface area contributed by atoms with Gasteiger partial charge in [0.25, 0.3) is 0 Å². The van der Waals surface area contributed by atoms with Gasteiger partial charge in [-0.05, 0) is 24.3 Å². The van der Waals surface area contributed by atoms with Crippen LogP contribution in [0.5, 0.6) is 0 Å². The summed E-state index contributed by atoms with van der Waals surface area (Å²) in [5.74, 6) is -1.54. The summed E-state index contributed by atoms with van der Waals surface area (Å²) < 4.78 is 29.7. The van der Waals surface area contributed by atoms with E-state index in [4.69, 9.17) is 11.6 Å². The number of hydrogen-bond donors (Lipinski definition) is 0. The molecular weight excluding hydrogens is 290 g/mol. The lowest BCUT2D eigenvalue weighted by molar-refractivity contribution is -0.137. The number of rotatable bonds is 6. The highest BCUT2D eigenvalue weighted by Gasteiger charge is 2.25. The average Bonchev–Trinajstić information content (AvgIpc) is 2.36. The molecule has 0 atom stereocenters. The molecule has 0 fully saturated rings. The second-order valence-electron chi connectivity index (χ2n) is 3.63. The average molecular weight is 304 g/mol. The molecule has 1 rings (SSSR count). The Morgan fingerprint density at radius 2 is 2.00 bits per heavy atom. The van der Waals surface area contributed by atoms with Crippen molar-refractivity contribution in [2.75, 3.05) is 23.7 Å². The molecule has 0 N–H and O–H groups in total. The number of esters is 1. The summed E-state index contributed by atoms with van der Waals surface area (Å²) >= 11 is 5.75. The zero-order valence-corrected chi connectivity index (χ0v) is 11.9. The fourth-order valence-electron chi connectivity index (χ4n) is 1.39. The smallest absolute Gasteiger partial charge is 0.322 e.